The number of rotatable bonds is 2. The molecule has 0 bridgehead atoms. The molecule has 4 amide bonds. The summed E-state index contributed by atoms with van der Waals surface area (Å²) in [5, 5.41) is 0.976. The van der Waals surface area contributed by atoms with Crippen molar-refractivity contribution in [1.29, 1.82) is 0 Å². The molecular weight excluding hydrogens is 355 g/mol. The summed E-state index contributed by atoms with van der Waals surface area (Å²) in [7, 11) is 0. The van der Waals surface area contributed by atoms with Crippen LogP contribution >= 0.6 is 23.2 Å². The number of hydrazine groups is 2. The number of amides is 4. The van der Waals surface area contributed by atoms with Gasteiger partial charge in [-0.2, -0.15) is 0 Å². The maximum Gasteiger partial charge on any atom is 0.352 e. The fourth-order valence-electron chi connectivity index (χ4n) is 1.61. The van der Waals surface area contributed by atoms with Crippen molar-refractivity contribution in [2.45, 2.75) is 0 Å². The third kappa shape index (κ3) is 5.15. The van der Waals surface area contributed by atoms with E-state index in [-0.39, 0.29) is 0 Å². The molecule has 7 nitrogen and oxygen atoms in total. The fourth-order valence-corrected chi connectivity index (χ4v) is 1.86. The highest BCUT2D eigenvalue weighted by Gasteiger charge is 2.09. The van der Waals surface area contributed by atoms with Gasteiger partial charge < -0.3 is 0 Å². The summed E-state index contributed by atoms with van der Waals surface area (Å²) in [6.07, 6.45) is 0. The van der Waals surface area contributed by atoms with Crippen LogP contribution in [0.4, 0.5) is 4.79 Å². The Morgan fingerprint density at radius 3 is 1.25 bits per heavy atom. The zero-order valence-electron chi connectivity index (χ0n) is 12.1. The van der Waals surface area contributed by atoms with Gasteiger partial charge in [-0.1, -0.05) is 23.2 Å². The number of urea groups is 1. The van der Waals surface area contributed by atoms with Crippen molar-refractivity contribution in [3.63, 3.8) is 0 Å². The van der Waals surface area contributed by atoms with Gasteiger partial charge in [-0.3, -0.25) is 20.4 Å². The van der Waals surface area contributed by atoms with E-state index in [1.807, 2.05) is 0 Å². The molecule has 124 valence electrons. The summed E-state index contributed by atoms with van der Waals surface area (Å²) < 4.78 is 0. The van der Waals surface area contributed by atoms with Crippen LogP contribution in [-0.4, -0.2) is 17.8 Å². The van der Waals surface area contributed by atoms with Crippen LogP contribution in [0.25, 0.3) is 0 Å². The van der Waals surface area contributed by atoms with E-state index in [1.54, 1.807) is 24.3 Å². The number of hydrogen-bond donors (Lipinski definition) is 4. The first-order valence-electron chi connectivity index (χ1n) is 6.63. The van der Waals surface area contributed by atoms with Gasteiger partial charge in [-0.15, -0.1) is 0 Å². The van der Waals surface area contributed by atoms with Gasteiger partial charge in [-0.05, 0) is 48.5 Å². The largest absolute Gasteiger partial charge is 0.352 e. The molecule has 0 spiro atoms. The number of halogens is 2. The second-order valence-corrected chi connectivity index (χ2v) is 5.37. The van der Waals surface area contributed by atoms with Gasteiger partial charge in [0, 0.05) is 21.2 Å². The highest BCUT2D eigenvalue weighted by molar-refractivity contribution is 6.31. The Bertz CT molecular complexity index is 685. The molecule has 2 rings (SSSR count). The summed E-state index contributed by atoms with van der Waals surface area (Å²) >= 11 is 11.4. The molecule has 0 heterocycles. The van der Waals surface area contributed by atoms with Crippen LogP contribution in [-0.2, 0) is 0 Å². The molecule has 0 fully saturated rings. The number of carbonyl (C=O) groups excluding carboxylic acids is 3. The molecule has 0 aliphatic rings. The average Bonchev–Trinajstić information content (AvgIpc) is 2.58. The lowest BCUT2D eigenvalue weighted by atomic mass is 10.2. The first-order valence-corrected chi connectivity index (χ1v) is 7.39. The van der Waals surface area contributed by atoms with Crippen LogP contribution in [0.15, 0.2) is 48.5 Å². The van der Waals surface area contributed by atoms with E-state index in [9.17, 15) is 14.4 Å². The van der Waals surface area contributed by atoms with Crippen molar-refractivity contribution < 1.29 is 14.4 Å². The zero-order chi connectivity index (χ0) is 17.5. The predicted molar refractivity (Wildman–Crippen MR) is 89.5 cm³/mol. The minimum Gasteiger partial charge on any atom is -0.267 e. The zero-order valence-corrected chi connectivity index (χ0v) is 13.6. The fraction of sp³-hybridized carbons (Fsp3) is 0. The lowest BCUT2D eigenvalue weighted by Crippen LogP contribution is -2.52. The molecule has 2 aromatic rings. The van der Waals surface area contributed by atoms with E-state index in [0.29, 0.717) is 21.2 Å². The summed E-state index contributed by atoms with van der Waals surface area (Å²) in [5.41, 5.74) is 9.16. The van der Waals surface area contributed by atoms with Crippen molar-refractivity contribution >= 4 is 41.0 Å². The van der Waals surface area contributed by atoms with Crippen LogP contribution in [0.2, 0.25) is 10.0 Å². The minimum absolute atomic E-state index is 0.310. The molecule has 0 atom stereocenters. The highest BCUT2D eigenvalue weighted by atomic mass is 35.5. The molecule has 0 saturated heterocycles. The van der Waals surface area contributed by atoms with Gasteiger partial charge in [0.25, 0.3) is 11.8 Å². The highest BCUT2D eigenvalue weighted by Crippen LogP contribution is 2.09. The van der Waals surface area contributed by atoms with E-state index in [2.05, 4.69) is 21.7 Å². The molecular formula is C15H12Cl2N4O3. The monoisotopic (exact) mass is 366 g/mol. The maximum atomic E-state index is 11.8. The van der Waals surface area contributed by atoms with E-state index in [1.165, 1.54) is 24.3 Å². The Balaban J connectivity index is 1.77. The van der Waals surface area contributed by atoms with Crippen LogP contribution in [0.1, 0.15) is 20.7 Å². The molecule has 24 heavy (non-hydrogen) atoms. The van der Waals surface area contributed by atoms with Gasteiger partial charge >= 0.3 is 6.03 Å². The third-order valence-electron chi connectivity index (χ3n) is 2.79. The van der Waals surface area contributed by atoms with Gasteiger partial charge in [-0.25, -0.2) is 15.6 Å². The number of hydrogen-bond acceptors (Lipinski definition) is 3. The van der Waals surface area contributed by atoms with Crippen molar-refractivity contribution in [3.8, 4) is 0 Å². The lowest BCUT2D eigenvalue weighted by Gasteiger charge is -2.10. The smallest absolute Gasteiger partial charge is 0.267 e. The summed E-state index contributed by atoms with van der Waals surface area (Å²) in [5.74, 6) is -1.07. The molecule has 2 aromatic carbocycles. The van der Waals surface area contributed by atoms with Crippen LogP contribution in [0, 0.1) is 0 Å². The molecule has 0 aliphatic carbocycles. The molecule has 9 heteroatoms. The normalized spacial score (nSPS) is 9.75. The Morgan fingerprint density at radius 1 is 0.583 bits per heavy atom. The van der Waals surface area contributed by atoms with Crippen LogP contribution in [0.3, 0.4) is 0 Å². The topological polar surface area (TPSA) is 99.3 Å². The standard InChI is InChI=1S/C15H12Cl2N4O3/c16-11-5-1-9(2-6-11)13(22)18-20-15(24)21-19-14(23)10-3-7-12(17)8-4-10/h1-8H,(H,18,22)(H,19,23)(H2,20,21,24). The summed E-state index contributed by atoms with van der Waals surface area (Å²) in [6, 6.07) is 11.4. The number of benzene rings is 2. The van der Waals surface area contributed by atoms with E-state index in [0.717, 1.165) is 0 Å². The molecule has 4 N–H and O–H groups in total. The van der Waals surface area contributed by atoms with Crippen molar-refractivity contribution in [3.05, 3.63) is 69.7 Å². The summed E-state index contributed by atoms with van der Waals surface area (Å²) in [4.78, 5) is 35.0. The Kier molecular flexibility index (Phi) is 6.00. The van der Waals surface area contributed by atoms with Gasteiger partial charge in [0.2, 0.25) is 0 Å². The van der Waals surface area contributed by atoms with Crippen LogP contribution < -0.4 is 21.7 Å². The van der Waals surface area contributed by atoms with Crippen molar-refractivity contribution in [2.75, 3.05) is 0 Å². The molecule has 0 saturated carbocycles. The molecule has 0 aromatic heterocycles. The number of nitrogens with one attached hydrogen (secondary N) is 4. The average molecular weight is 367 g/mol. The number of carbonyl (C=O) groups is 3. The Hall–Kier alpha value is -2.77. The third-order valence-corrected chi connectivity index (χ3v) is 3.30. The van der Waals surface area contributed by atoms with E-state index < -0.39 is 17.8 Å². The molecule has 0 unspecified atom stereocenters. The Morgan fingerprint density at radius 2 is 0.917 bits per heavy atom. The summed E-state index contributed by atoms with van der Waals surface area (Å²) in [6.45, 7) is 0. The quantitative estimate of drug-likeness (QED) is 0.613. The van der Waals surface area contributed by atoms with E-state index in [4.69, 9.17) is 23.2 Å². The minimum atomic E-state index is -0.820. The van der Waals surface area contributed by atoms with Gasteiger partial charge in [0.1, 0.15) is 0 Å². The first kappa shape index (κ1) is 17.6. The Labute approximate surface area is 147 Å². The first-order chi connectivity index (χ1) is 11.5. The van der Waals surface area contributed by atoms with Gasteiger partial charge in [0.15, 0.2) is 0 Å². The second kappa shape index (κ2) is 8.19. The van der Waals surface area contributed by atoms with Crippen molar-refractivity contribution in [1.82, 2.24) is 21.7 Å². The van der Waals surface area contributed by atoms with E-state index >= 15 is 0 Å². The SMILES string of the molecule is O=C(NNC(=O)c1ccc(Cl)cc1)NNC(=O)c1ccc(Cl)cc1. The molecule has 0 radical (unpaired) electrons. The van der Waals surface area contributed by atoms with Gasteiger partial charge in [0.05, 0.1) is 0 Å². The van der Waals surface area contributed by atoms with Crippen molar-refractivity contribution in [2.24, 2.45) is 0 Å². The predicted octanol–water partition coefficient (Wildman–Crippen LogP) is 2.28. The van der Waals surface area contributed by atoms with Crippen LogP contribution in [0.5, 0.6) is 0 Å². The lowest BCUT2D eigenvalue weighted by molar-refractivity contribution is 0.0929. The maximum absolute atomic E-state index is 11.8. The molecule has 0 aliphatic heterocycles. The second-order valence-electron chi connectivity index (χ2n) is 4.50.